The first-order valence-corrected chi connectivity index (χ1v) is 8.71. The summed E-state index contributed by atoms with van der Waals surface area (Å²) in [6.07, 6.45) is -0.0242. The molecule has 0 aromatic heterocycles. The molecule has 136 valence electrons. The minimum absolute atomic E-state index is 0.0242. The summed E-state index contributed by atoms with van der Waals surface area (Å²) in [4.78, 5) is 22.9. The van der Waals surface area contributed by atoms with Crippen molar-refractivity contribution in [2.75, 3.05) is 0 Å². The minimum atomic E-state index is -0.464. The number of para-hydroxylation sites is 1. The van der Waals surface area contributed by atoms with Gasteiger partial charge in [0, 0.05) is 11.6 Å². The molecule has 0 saturated heterocycles. The number of nitrogens with zero attached hydrogens (tertiary/aromatic N) is 1. The third-order valence-electron chi connectivity index (χ3n) is 4.43. The molecule has 27 heavy (non-hydrogen) atoms. The Labute approximate surface area is 157 Å². The van der Waals surface area contributed by atoms with E-state index in [0.29, 0.717) is 5.56 Å². The molecule has 0 radical (unpaired) electrons. The van der Waals surface area contributed by atoms with Gasteiger partial charge >= 0.3 is 0 Å². The Balaban J connectivity index is 1.66. The topological polar surface area (TPSA) is 72.2 Å². The van der Waals surface area contributed by atoms with Crippen LogP contribution in [0, 0.1) is 10.1 Å². The maximum absolute atomic E-state index is 12.3. The summed E-state index contributed by atoms with van der Waals surface area (Å²) in [6.45, 7) is 1.90. The van der Waals surface area contributed by atoms with E-state index < -0.39 is 4.92 Å². The molecule has 1 unspecified atom stereocenters. The second kappa shape index (κ2) is 8.27. The van der Waals surface area contributed by atoms with Gasteiger partial charge in [0.25, 0.3) is 5.69 Å². The van der Waals surface area contributed by atoms with E-state index in [4.69, 9.17) is 0 Å². The number of nitrogens with one attached hydrogen (secondary N) is 1. The number of rotatable bonds is 6. The van der Waals surface area contributed by atoms with Gasteiger partial charge in [0.2, 0.25) is 5.91 Å². The quantitative estimate of drug-likeness (QED) is 0.512. The van der Waals surface area contributed by atoms with Crippen LogP contribution in [0.1, 0.15) is 24.1 Å². The summed E-state index contributed by atoms with van der Waals surface area (Å²) in [5, 5.41) is 14.0. The van der Waals surface area contributed by atoms with E-state index in [1.165, 1.54) is 6.07 Å². The van der Waals surface area contributed by atoms with Gasteiger partial charge in [0.05, 0.1) is 17.4 Å². The highest BCUT2D eigenvalue weighted by Crippen LogP contribution is 2.22. The van der Waals surface area contributed by atoms with Crippen LogP contribution in [0.4, 0.5) is 5.69 Å². The summed E-state index contributed by atoms with van der Waals surface area (Å²) < 4.78 is 0. The molecule has 0 spiro atoms. The van der Waals surface area contributed by atoms with Crippen molar-refractivity contribution in [2.45, 2.75) is 19.4 Å². The monoisotopic (exact) mass is 360 g/mol. The van der Waals surface area contributed by atoms with Crippen LogP contribution in [0.2, 0.25) is 0 Å². The SMILES string of the molecule is CC(NC(=O)Cc1ccccc1[N+](=O)[O-])c1ccc(-c2ccccc2)cc1. The number of hydrogen-bond donors (Lipinski definition) is 1. The molecule has 1 atom stereocenters. The fraction of sp³-hybridized carbons (Fsp3) is 0.136. The number of amides is 1. The van der Waals surface area contributed by atoms with E-state index in [2.05, 4.69) is 5.32 Å². The average Bonchev–Trinajstić information content (AvgIpc) is 2.69. The molecule has 1 amide bonds. The Morgan fingerprint density at radius 1 is 0.926 bits per heavy atom. The average molecular weight is 360 g/mol. The van der Waals surface area contributed by atoms with E-state index >= 15 is 0 Å². The van der Waals surface area contributed by atoms with E-state index in [-0.39, 0.29) is 24.1 Å². The Morgan fingerprint density at radius 3 is 2.19 bits per heavy atom. The zero-order valence-corrected chi connectivity index (χ0v) is 15.0. The van der Waals surface area contributed by atoms with Crippen molar-refractivity contribution in [2.24, 2.45) is 0 Å². The van der Waals surface area contributed by atoms with Crippen molar-refractivity contribution in [1.82, 2.24) is 5.32 Å². The predicted octanol–water partition coefficient (Wildman–Crippen LogP) is 4.68. The number of benzene rings is 3. The van der Waals surface area contributed by atoms with Crippen LogP contribution >= 0.6 is 0 Å². The fourth-order valence-corrected chi connectivity index (χ4v) is 2.98. The maximum atomic E-state index is 12.3. The normalized spacial score (nSPS) is 11.6. The van der Waals surface area contributed by atoms with E-state index in [0.717, 1.165) is 16.7 Å². The van der Waals surface area contributed by atoms with Crippen molar-refractivity contribution in [1.29, 1.82) is 0 Å². The van der Waals surface area contributed by atoms with E-state index in [1.54, 1.807) is 18.2 Å². The molecular weight excluding hydrogens is 340 g/mol. The lowest BCUT2D eigenvalue weighted by molar-refractivity contribution is -0.385. The van der Waals surface area contributed by atoms with Gasteiger partial charge in [-0.25, -0.2) is 0 Å². The van der Waals surface area contributed by atoms with Gasteiger partial charge in [-0.1, -0.05) is 72.8 Å². The first kappa shape index (κ1) is 18.3. The van der Waals surface area contributed by atoms with Gasteiger partial charge in [-0.3, -0.25) is 14.9 Å². The zero-order chi connectivity index (χ0) is 19.2. The van der Waals surface area contributed by atoms with Gasteiger partial charge in [0.15, 0.2) is 0 Å². The molecule has 5 heteroatoms. The lowest BCUT2D eigenvalue weighted by Crippen LogP contribution is -2.28. The van der Waals surface area contributed by atoms with Gasteiger partial charge < -0.3 is 5.32 Å². The van der Waals surface area contributed by atoms with Crippen LogP contribution < -0.4 is 5.32 Å². The third-order valence-corrected chi connectivity index (χ3v) is 4.43. The summed E-state index contributed by atoms with van der Waals surface area (Å²) in [5.74, 6) is -0.246. The van der Waals surface area contributed by atoms with Crippen molar-refractivity contribution in [3.63, 3.8) is 0 Å². The maximum Gasteiger partial charge on any atom is 0.273 e. The lowest BCUT2D eigenvalue weighted by Gasteiger charge is -2.15. The molecule has 3 aromatic carbocycles. The highest BCUT2D eigenvalue weighted by atomic mass is 16.6. The summed E-state index contributed by atoms with van der Waals surface area (Å²) in [7, 11) is 0. The molecular formula is C22H20N2O3. The highest BCUT2D eigenvalue weighted by molar-refractivity contribution is 5.80. The third kappa shape index (κ3) is 4.58. The van der Waals surface area contributed by atoms with Crippen molar-refractivity contribution in [3.8, 4) is 11.1 Å². The summed E-state index contributed by atoms with van der Waals surface area (Å²) >= 11 is 0. The second-order valence-electron chi connectivity index (χ2n) is 6.34. The number of carbonyl (C=O) groups excluding carboxylic acids is 1. The van der Waals surface area contributed by atoms with E-state index in [9.17, 15) is 14.9 Å². The molecule has 3 aromatic rings. The number of carbonyl (C=O) groups is 1. The predicted molar refractivity (Wildman–Crippen MR) is 105 cm³/mol. The van der Waals surface area contributed by atoms with Crippen molar-refractivity contribution in [3.05, 3.63) is 100 Å². The Hall–Kier alpha value is -3.47. The zero-order valence-electron chi connectivity index (χ0n) is 15.0. The molecule has 0 aliphatic rings. The van der Waals surface area contributed by atoms with Gasteiger partial charge in [0.1, 0.15) is 0 Å². The minimum Gasteiger partial charge on any atom is -0.349 e. The van der Waals surface area contributed by atoms with Crippen LogP contribution in [0.15, 0.2) is 78.9 Å². The van der Waals surface area contributed by atoms with E-state index in [1.807, 2.05) is 61.5 Å². The molecule has 0 saturated carbocycles. The van der Waals surface area contributed by atoms with Crippen molar-refractivity contribution >= 4 is 11.6 Å². The van der Waals surface area contributed by atoms with Crippen LogP contribution in [-0.4, -0.2) is 10.8 Å². The second-order valence-corrected chi connectivity index (χ2v) is 6.34. The molecule has 0 fully saturated rings. The van der Waals surface area contributed by atoms with Gasteiger partial charge in [-0.15, -0.1) is 0 Å². The highest BCUT2D eigenvalue weighted by Gasteiger charge is 2.17. The molecule has 3 rings (SSSR count). The molecule has 5 nitrogen and oxygen atoms in total. The smallest absolute Gasteiger partial charge is 0.273 e. The molecule has 0 aliphatic heterocycles. The summed E-state index contributed by atoms with van der Waals surface area (Å²) in [6, 6.07) is 24.2. The largest absolute Gasteiger partial charge is 0.349 e. The molecule has 0 heterocycles. The van der Waals surface area contributed by atoms with Crippen LogP contribution in [-0.2, 0) is 11.2 Å². The Morgan fingerprint density at radius 2 is 1.52 bits per heavy atom. The van der Waals surface area contributed by atoms with Crippen molar-refractivity contribution < 1.29 is 9.72 Å². The number of nitro benzene ring substituents is 1. The van der Waals surface area contributed by atoms with Gasteiger partial charge in [-0.05, 0) is 23.6 Å². The molecule has 0 bridgehead atoms. The standard InChI is InChI=1S/C22H20N2O3/c1-16(17-11-13-19(14-12-17)18-7-3-2-4-8-18)23-22(25)15-20-9-5-6-10-21(20)24(26)27/h2-14,16H,15H2,1H3,(H,23,25). The Kier molecular flexibility index (Phi) is 5.61. The molecule has 1 N–H and O–H groups in total. The first-order valence-electron chi connectivity index (χ1n) is 8.71. The number of hydrogen-bond acceptors (Lipinski definition) is 3. The Bertz CT molecular complexity index is 937. The lowest BCUT2D eigenvalue weighted by atomic mass is 10.0. The molecule has 0 aliphatic carbocycles. The number of nitro groups is 1. The van der Waals surface area contributed by atoms with Crippen LogP contribution in [0.25, 0.3) is 11.1 Å². The van der Waals surface area contributed by atoms with Crippen LogP contribution in [0.5, 0.6) is 0 Å². The summed E-state index contributed by atoms with van der Waals surface area (Å²) in [5.41, 5.74) is 3.60. The first-order chi connectivity index (χ1) is 13.0. The fourth-order valence-electron chi connectivity index (χ4n) is 2.98. The van der Waals surface area contributed by atoms with Crippen LogP contribution in [0.3, 0.4) is 0 Å². The van der Waals surface area contributed by atoms with Gasteiger partial charge in [-0.2, -0.15) is 0 Å².